The van der Waals surface area contributed by atoms with Crippen LogP contribution in [-0.4, -0.2) is 9.55 Å². The number of halogens is 1. The molecule has 3 rings (SSSR count). The van der Waals surface area contributed by atoms with Crippen LogP contribution in [0.2, 0.25) is 5.02 Å². The third-order valence-electron chi connectivity index (χ3n) is 4.25. The average molecular weight is 356 g/mol. The SMILES string of the molecule is C[C@H](N)c1nc2cccc(Cl)c2c(=O)n1-c1cccc(C(C)(C)C)c1. The molecule has 2 N–H and O–H groups in total. The van der Waals surface area contributed by atoms with Gasteiger partial charge in [-0.3, -0.25) is 9.36 Å². The van der Waals surface area contributed by atoms with E-state index in [1.165, 1.54) is 0 Å². The Morgan fingerprint density at radius 3 is 2.48 bits per heavy atom. The predicted molar refractivity (Wildman–Crippen MR) is 104 cm³/mol. The minimum atomic E-state index is -0.394. The summed E-state index contributed by atoms with van der Waals surface area (Å²) in [6, 6.07) is 12.8. The molecule has 0 saturated heterocycles. The molecule has 0 aliphatic heterocycles. The molecule has 0 spiro atoms. The van der Waals surface area contributed by atoms with Gasteiger partial charge in [0.25, 0.3) is 5.56 Å². The van der Waals surface area contributed by atoms with Crippen molar-refractivity contribution in [2.45, 2.75) is 39.2 Å². The van der Waals surface area contributed by atoms with E-state index in [2.05, 4.69) is 31.8 Å². The van der Waals surface area contributed by atoms with Gasteiger partial charge in [-0.2, -0.15) is 0 Å². The highest BCUT2D eigenvalue weighted by molar-refractivity contribution is 6.35. The van der Waals surface area contributed by atoms with E-state index in [1.807, 2.05) is 25.1 Å². The molecule has 5 heteroatoms. The molecule has 3 aromatic rings. The number of fused-ring (bicyclic) bond motifs is 1. The van der Waals surface area contributed by atoms with Crippen LogP contribution in [0.25, 0.3) is 16.6 Å². The van der Waals surface area contributed by atoms with Crippen molar-refractivity contribution in [1.29, 1.82) is 0 Å². The molecule has 0 fully saturated rings. The molecule has 0 aliphatic carbocycles. The summed E-state index contributed by atoms with van der Waals surface area (Å²) in [6.07, 6.45) is 0. The maximum Gasteiger partial charge on any atom is 0.267 e. The quantitative estimate of drug-likeness (QED) is 0.743. The van der Waals surface area contributed by atoms with Gasteiger partial charge >= 0.3 is 0 Å². The first-order valence-corrected chi connectivity index (χ1v) is 8.65. The summed E-state index contributed by atoms with van der Waals surface area (Å²) in [5, 5.41) is 0.807. The summed E-state index contributed by atoms with van der Waals surface area (Å²) in [5.41, 5.74) is 8.33. The molecule has 0 bridgehead atoms. The molecule has 25 heavy (non-hydrogen) atoms. The first-order chi connectivity index (χ1) is 11.7. The lowest BCUT2D eigenvalue weighted by atomic mass is 9.87. The number of rotatable bonds is 2. The van der Waals surface area contributed by atoms with Crippen molar-refractivity contribution in [3.8, 4) is 5.69 Å². The Bertz CT molecular complexity index is 1000. The summed E-state index contributed by atoms with van der Waals surface area (Å²) < 4.78 is 1.58. The maximum absolute atomic E-state index is 13.2. The molecule has 130 valence electrons. The fourth-order valence-corrected chi connectivity index (χ4v) is 3.12. The average Bonchev–Trinajstić information content (AvgIpc) is 2.53. The zero-order valence-electron chi connectivity index (χ0n) is 14.9. The highest BCUT2D eigenvalue weighted by atomic mass is 35.5. The van der Waals surface area contributed by atoms with Crippen LogP contribution in [0.3, 0.4) is 0 Å². The minimum absolute atomic E-state index is 0.0317. The van der Waals surface area contributed by atoms with E-state index in [0.29, 0.717) is 21.7 Å². The van der Waals surface area contributed by atoms with E-state index in [1.54, 1.807) is 22.8 Å². The molecule has 0 radical (unpaired) electrons. The van der Waals surface area contributed by atoms with Gasteiger partial charge in [-0.25, -0.2) is 4.98 Å². The fraction of sp³-hybridized carbons (Fsp3) is 0.300. The van der Waals surface area contributed by atoms with Crippen LogP contribution in [0, 0.1) is 0 Å². The fourth-order valence-electron chi connectivity index (χ4n) is 2.87. The number of hydrogen-bond donors (Lipinski definition) is 1. The lowest BCUT2D eigenvalue weighted by Crippen LogP contribution is -2.28. The molecular weight excluding hydrogens is 334 g/mol. The lowest BCUT2D eigenvalue weighted by Gasteiger charge is -2.21. The predicted octanol–water partition coefficient (Wildman–Crippen LogP) is 4.36. The van der Waals surface area contributed by atoms with E-state index in [0.717, 1.165) is 11.3 Å². The Balaban J connectivity index is 2.39. The van der Waals surface area contributed by atoms with Gasteiger partial charge in [-0.15, -0.1) is 0 Å². The molecule has 0 amide bonds. The van der Waals surface area contributed by atoms with Crippen molar-refractivity contribution < 1.29 is 0 Å². The van der Waals surface area contributed by atoms with Crippen LogP contribution >= 0.6 is 11.6 Å². The van der Waals surface area contributed by atoms with Crippen LogP contribution < -0.4 is 11.3 Å². The lowest BCUT2D eigenvalue weighted by molar-refractivity contribution is 0.589. The number of nitrogens with zero attached hydrogens (tertiary/aromatic N) is 2. The third-order valence-corrected chi connectivity index (χ3v) is 4.57. The van der Waals surface area contributed by atoms with Gasteiger partial charge in [-0.05, 0) is 42.2 Å². The van der Waals surface area contributed by atoms with Crippen LogP contribution in [0.1, 0.15) is 45.1 Å². The number of benzene rings is 2. The van der Waals surface area contributed by atoms with Crippen LogP contribution in [0.15, 0.2) is 47.3 Å². The first-order valence-electron chi connectivity index (χ1n) is 8.28. The van der Waals surface area contributed by atoms with Crippen molar-refractivity contribution in [3.63, 3.8) is 0 Å². The monoisotopic (exact) mass is 355 g/mol. The largest absolute Gasteiger partial charge is 0.322 e. The van der Waals surface area contributed by atoms with Crippen LogP contribution in [0.4, 0.5) is 0 Å². The van der Waals surface area contributed by atoms with Gasteiger partial charge in [0.15, 0.2) is 0 Å². The molecule has 0 unspecified atom stereocenters. The molecule has 0 saturated carbocycles. The molecule has 4 nitrogen and oxygen atoms in total. The van der Waals surface area contributed by atoms with Crippen molar-refractivity contribution in [2.75, 3.05) is 0 Å². The Morgan fingerprint density at radius 1 is 1.16 bits per heavy atom. The molecular formula is C20H22ClN3O. The number of nitrogens with two attached hydrogens (primary N) is 1. The van der Waals surface area contributed by atoms with Crippen molar-refractivity contribution in [2.24, 2.45) is 5.73 Å². The molecule has 1 aromatic heterocycles. The van der Waals surface area contributed by atoms with E-state index in [9.17, 15) is 4.79 Å². The molecule has 1 heterocycles. The zero-order valence-corrected chi connectivity index (χ0v) is 15.6. The standard InChI is InChI=1S/C20H22ClN3O/c1-12(22)18-23-16-10-6-9-15(21)17(16)19(25)24(18)14-8-5-7-13(11-14)20(2,3)4/h5-12H,22H2,1-4H3/t12-/m0/s1. The molecule has 2 aromatic carbocycles. The van der Waals surface area contributed by atoms with Crippen LogP contribution in [-0.2, 0) is 5.41 Å². The second-order valence-electron chi connectivity index (χ2n) is 7.33. The Labute approximate surface area is 152 Å². The van der Waals surface area contributed by atoms with E-state index in [-0.39, 0.29) is 11.0 Å². The molecule has 0 aliphatic rings. The first kappa shape index (κ1) is 17.6. The topological polar surface area (TPSA) is 60.9 Å². The number of hydrogen-bond acceptors (Lipinski definition) is 3. The highest BCUT2D eigenvalue weighted by Gasteiger charge is 2.19. The summed E-state index contributed by atoms with van der Waals surface area (Å²) in [5.74, 6) is 0.519. The summed E-state index contributed by atoms with van der Waals surface area (Å²) >= 11 is 6.27. The highest BCUT2D eigenvalue weighted by Crippen LogP contribution is 2.26. The van der Waals surface area contributed by atoms with E-state index in [4.69, 9.17) is 17.3 Å². The molecule has 1 atom stereocenters. The smallest absolute Gasteiger partial charge is 0.267 e. The van der Waals surface area contributed by atoms with Gasteiger partial charge in [0.2, 0.25) is 0 Å². The Hall–Kier alpha value is -2.17. The minimum Gasteiger partial charge on any atom is -0.322 e. The number of aromatic nitrogens is 2. The Morgan fingerprint density at radius 2 is 1.84 bits per heavy atom. The summed E-state index contributed by atoms with van der Waals surface area (Å²) in [6.45, 7) is 8.23. The van der Waals surface area contributed by atoms with Crippen molar-refractivity contribution in [3.05, 3.63) is 69.2 Å². The normalized spacial score (nSPS) is 13.2. The maximum atomic E-state index is 13.2. The van der Waals surface area contributed by atoms with E-state index < -0.39 is 6.04 Å². The van der Waals surface area contributed by atoms with Gasteiger partial charge in [0.1, 0.15) is 5.82 Å². The van der Waals surface area contributed by atoms with E-state index >= 15 is 0 Å². The van der Waals surface area contributed by atoms with Crippen molar-refractivity contribution >= 4 is 22.5 Å². The zero-order chi connectivity index (χ0) is 18.4. The van der Waals surface area contributed by atoms with Gasteiger partial charge in [0.05, 0.1) is 27.7 Å². The summed E-state index contributed by atoms with van der Waals surface area (Å²) in [7, 11) is 0. The second-order valence-corrected chi connectivity index (χ2v) is 7.74. The Kier molecular flexibility index (Phi) is 4.43. The second kappa shape index (κ2) is 6.28. The van der Waals surface area contributed by atoms with Gasteiger partial charge in [-0.1, -0.05) is 50.6 Å². The third kappa shape index (κ3) is 3.20. The van der Waals surface area contributed by atoms with Crippen LogP contribution in [0.5, 0.6) is 0 Å². The van der Waals surface area contributed by atoms with Gasteiger partial charge in [0, 0.05) is 0 Å². The summed E-state index contributed by atoms with van der Waals surface area (Å²) in [4.78, 5) is 17.8. The van der Waals surface area contributed by atoms with Gasteiger partial charge < -0.3 is 5.73 Å². The van der Waals surface area contributed by atoms with Crippen molar-refractivity contribution in [1.82, 2.24) is 9.55 Å².